The van der Waals surface area contributed by atoms with Crippen LogP contribution in [0.25, 0.3) is 0 Å². The third-order valence-corrected chi connectivity index (χ3v) is 1.15. The molecule has 0 saturated heterocycles. The number of hydrogen-bond donors (Lipinski definition) is 0. The minimum Gasteiger partial charge on any atom is -0.461 e. The number of carbonyl (C=O) groups excluding carboxylic acids is 1. The molecular weight excluding hydrogens is 166 g/mol. The number of halogens is 1. The van der Waals surface area contributed by atoms with Crippen LogP contribution in [0.3, 0.4) is 0 Å². The molecule has 0 bridgehead atoms. The Morgan fingerprint density at radius 1 is 1.73 bits per heavy atom. The fourth-order valence-corrected chi connectivity index (χ4v) is 0.456. The fourth-order valence-electron chi connectivity index (χ4n) is 0.387. The van der Waals surface area contributed by atoms with Crippen LogP contribution in [0.1, 0.15) is 6.92 Å². The predicted octanol–water partition coefficient (Wildman–Crippen LogP) is 1.19. The molecule has 0 saturated carbocycles. The lowest BCUT2D eigenvalue weighted by molar-refractivity contribution is -0.139. The van der Waals surface area contributed by atoms with Crippen molar-refractivity contribution in [2.45, 2.75) is 6.92 Å². The molecular formula is C7H12ClNO2. The van der Waals surface area contributed by atoms with Gasteiger partial charge in [0.15, 0.2) is 0 Å². The first-order valence-corrected chi connectivity index (χ1v) is 3.57. The average Bonchev–Trinajstić information content (AvgIpc) is 1.86. The van der Waals surface area contributed by atoms with Crippen LogP contribution >= 0.6 is 11.8 Å². The molecule has 0 rings (SSSR count). The van der Waals surface area contributed by atoms with Gasteiger partial charge in [0.25, 0.3) is 0 Å². The number of rotatable bonds is 4. The maximum atomic E-state index is 10.7. The molecule has 0 fully saturated rings. The Bertz CT molecular complexity index is 157. The number of hydrogen-bond acceptors (Lipinski definition) is 3. The van der Waals surface area contributed by atoms with Gasteiger partial charge in [0.2, 0.25) is 0 Å². The van der Waals surface area contributed by atoms with Gasteiger partial charge < -0.3 is 4.74 Å². The zero-order valence-electron chi connectivity index (χ0n) is 6.76. The lowest BCUT2D eigenvalue weighted by atomic mass is 10.4. The lowest BCUT2D eigenvalue weighted by Gasteiger charge is -2.06. The molecule has 0 aromatic heterocycles. The molecule has 0 aromatic rings. The van der Waals surface area contributed by atoms with E-state index < -0.39 is 0 Å². The topological polar surface area (TPSA) is 29.5 Å². The first-order valence-electron chi connectivity index (χ1n) is 3.23. The van der Waals surface area contributed by atoms with Gasteiger partial charge in [0, 0.05) is 19.2 Å². The quantitative estimate of drug-likeness (QED) is 0.367. The van der Waals surface area contributed by atoms with Crippen LogP contribution in [-0.2, 0) is 9.53 Å². The summed E-state index contributed by atoms with van der Waals surface area (Å²) in [6.45, 7) is 5.85. The minimum absolute atomic E-state index is 0.297. The monoisotopic (exact) mass is 177 g/mol. The maximum Gasteiger partial charge on any atom is 0.333 e. The first-order chi connectivity index (χ1) is 5.04. The van der Waals surface area contributed by atoms with E-state index in [2.05, 4.69) is 6.58 Å². The van der Waals surface area contributed by atoms with Gasteiger partial charge in [0.05, 0.1) is 0 Å². The van der Waals surface area contributed by atoms with Gasteiger partial charge in [-0.05, 0) is 18.7 Å². The Hall–Kier alpha value is -0.540. The summed E-state index contributed by atoms with van der Waals surface area (Å²) in [7, 11) is 1.69. The number of nitrogens with zero attached hydrogens (tertiary/aromatic N) is 1. The van der Waals surface area contributed by atoms with Crippen LogP contribution in [0.4, 0.5) is 0 Å². The van der Waals surface area contributed by atoms with Crippen LogP contribution in [0.5, 0.6) is 0 Å². The zero-order chi connectivity index (χ0) is 8.85. The van der Waals surface area contributed by atoms with E-state index in [-0.39, 0.29) is 5.97 Å². The summed E-state index contributed by atoms with van der Waals surface area (Å²) >= 11 is 5.46. The van der Waals surface area contributed by atoms with Gasteiger partial charge in [-0.15, -0.1) is 0 Å². The van der Waals surface area contributed by atoms with E-state index in [1.54, 1.807) is 14.0 Å². The summed E-state index contributed by atoms with van der Waals surface area (Å²) in [6.07, 6.45) is 0. The van der Waals surface area contributed by atoms with Crippen LogP contribution in [0.2, 0.25) is 0 Å². The van der Waals surface area contributed by atoms with E-state index in [9.17, 15) is 4.79 Å². The highest BCUT2D eigenvalue weighted by molar-refractivity contribution is 6.13. The summed E-state index contributed by atoms with van der Waals surface area (Å²) < 4.78 is 6.17. The SMILES string of the molecule is C=C(C)C(=O)OCCN(C)Cl. The van der Waals surface area contributed by atoms with Crippen molar-refractivity contribution in [2.24, 2.45) is 0 Å². The Morgan fingerprint density at radius 3 is 2.64 bits per heavy atom. The number of carbonyl (C=O) groups is 1. The molecule has 0 spiro atoms. The fraction of sp³-hybridized carbons (Fsp3) is 0.571. The normalized spacial score (nSPS) is 9.82. The predicted molar refractivity (Wildman–Crippen MR) is 44.3 cm³/mol. The highest BCUT2D eigenvalue weighted by Crippen LogP contribution is 1.93. The minimum atomic E-state index is -0.372. The van der Waals surface area contributed by atoms with Gasteiger partial charge in [-0.1, -0.05) is 6.58 Å². The van der Waals surface area contributed by atoms with Crippen LogP contribution in [-0.4, -0.2) is 30.6 Å². The Labute approximate surface area is 71.7 Å². The molecule has 64 valence electrons. The lowest BCUT2D eigenvalue weighted by Crippen LogP contribution is -2.16. The largest absolute Gasteiger partial charge is 0.461 e. The summed E-state index contributed by atoms with van der Waals surface area (Å²) in [6, 6.07) is 0. The van der Waals surface area contributed by atoms with Gasteiger partial charge in [-0.25, -0.2) is 9.21 Å². The third kappa shape index (κ3) is 5.88. The molecule has 0 aliphatic carbocycles. The summed E-state index contributed by atoms with van der Waals surface area (Å²) in [5, 5.41) is 0. The Morgan fingerprint density at radius 2 is 2.27 bits per heavy atom. The molecule has 0 amide bonds. The number of likely N-dealkylation sites (N-methyl/N-ethyl adjacent to an activating group) is 1. The third-order valence-electron chi connectivity index (χ3n) is 0.981. The Kier molecular flexibility index (Phi) is 4.90. The van der Waals surface area contributed by atoms with Crippen LogP contribution in [0.15, 0.2) is 12.2 Å². The average molecular weight is 178 g/mol. The van der Waals surface area contributed by atoms with Gasteiger partial charge in [-0.3, -0.25) is 0 Å². The smallest absolute Gasteiger partial charge is 0.333 e. The van der Waals surface area contributed by atoms with E-state index >= 15 is 0 Å². The standard InChI is InChI=1S/C7H12ClNO2/c1-6(2)7(10)11-5-4-9(3)8/h1,4-5H2,2-3H3. The molecule has 0 aromatic carbocycles. The first kappa shape index (κ1) is 10.5. The second-order valence-corrected chi connectivity index (χ2v) is 2.82. The molecule has 0 aliphatic heterocycles. The number of ether oxygens (including phenoxy) is 1. The molecule has 0 heterocycles. The molecule has 0 atom stereocenters. The van der Waals surface area contributed by atoms with Gasteiger partial charge in [-0.2, -0.15) is 0 Å². The summed E-state index contributed by atoms with van der Waals surface area (Å²) in [5.41, 5.74) is 0.405. The molecule has 3 nitrogen and oxygen atoms in total. The Balaban J connectivity index is 3.40. The van der Waals surface area contributed by atoms with Crippen molar-refractivity contribution in [1.29, 1.82) is 0 Å². The molecule has 4 heteroatoms. The molecule has 0 radical (unpaired) electrons. The molecule has 11 heavy (non-hydrogen) atoms. The van der Waals surface area contributed by atoms with Crippen LogP contribution < -0.4 is 0 Å². The molecule has 0 aliphatic rings. The second-order valence-electron chi connectivity index (χ2n) is 2.24. The highest BCUT2D eigenvalue weighted by Gasteiger charge is 2.02. The van der Waals surface area contributed by atoms with Gasteiger partial charge in [0.1, 0.15) is 6.61 Å². The van der Waals surface area contributed by atoms with Crippen molar-refractivity contribution in [2.75, 3.05) is 20.2 Å². The van der Waals surface area contributed by atoms with Crippen molar-refractivity contribution < 1.29 is 9.53 Å². The van der Waals surface area contributed by atoms with Crippen molar-refractivity contribution in [3.8, 4) is 0 Å². The van der Waals surface area contributed by atoms with Crippen molar-refractivity contribution in [1.82, 2.24) is 4.42 Å². The van der Waals surface area contributed by atoms with Crippen LogP contribution in [0, 0.1) is 0 Å². The maximum absolute atomic E-state index is 10.7. The van der Waals surface area contributed by atoms with E-state index in [1.807, 2.05) is 0 Å². The van der Waals surface area contributed by atoms with Crippen molar-refractivity contribution >= 4 is 17.7 Å². The van der Waals surface area contributed by atoms with E-state index in [1.165, 1.54) is 4.42 Å². The van der Waals surface area contributed by atoms with E-state index in [0.29, 0.717) is 18.7 Å². The summed E-state index contributed by atoms with van der Waals surface area (Å²) in [5.74, 6) is -0.372. The summed E-state index contributed by atoms with van der Waals surface area (Å²) in [4.78, 5) is 10.7. The molecule has 0 unspecified atom stereocenters. The number of esters is 1. The van der Waals surface area contributed by atoms with Crippen molar-refractivity contribution in [3.05, 3.63) is 12.2 Å². The van der Waals surface area contributed by atoms with E-state index in [0.717, 1.165) is 0 Å². The zero-order valence-corrected chi connectivity index (χ0v) is 7.52. The van der Waals surface area contributed by atoms with Crippen molar-refractivity contribution in [3.63, 3.8) is 0 Å². The van der Waals surface area contributed by atoms with E-state index in [4.69, 9.17) is 16.5 Å². The van der Waals surface area contributed by atoms with Gasteiger partial charge >= 0.3 is 5.97 Å². The second kappa shape index (κ2) is 5.16. The highest BCUT2D eigenvalue weighted by atomic mass is 35.5. The molecule has 0 N–H and O–H groups in total.